The molecule has 0 bridgehead atoms. The normalized spacial score (nSPS) is 17.7. The number of rotatable bonds is 7. The van der Waals surface area contributed by atoms with Crippen LogP contribution in [0.4, 0.5) is 0 Å². The Morgan fingerprint density at radius 2 is 1.73 bits per heavy atom. The van der Waals surface area contributed by atoms with Gasteiger partial charge in [0.1, 0.15) is 5.78 Å². The Morgan fingerprint density at radius 1 is 1.05 bits per heavy atom. The van der Waals surface area contributed by atoms with Crippen molar-refractivity contribution in [2.24, 2.45) is 0 Å². The lowest BCUT2D eigenvalue weighted by atomic mass is 9.76. The van der Waals surface area contributed by atoms with Crippen LogP contribution in [-0.2, 0) is 28.0 Å². The van der Waals surface area contributed by atoms with E-state index in [-0.39, 0.29) is 5.60 Å². The molecule has 0 aromatic heterocycles. The van der Waals surface area contributed by atoms with E-state index in [0.29, 0.717) is 25.2 Å². The smallest absolute Gasteiger partial charge is 0.133 e. The summed E-state index contributed by atoms with van der Waals surface area (Å²) in [6, 6.07) is 6.91. The summed E-state index contributed by atoms with van der Waals surface area (Å²) in [5, 5.41) is 0. The topological polar surface area (TPSA) is 26.3 Å². The second-order valence-electron chi connectivity index (χ2n) is 6.46. The standard InChI is InChI=1S/C20H30O2/c1-4-7-16-9-10-19(17(15-16)8-5-2)20(22-6-3)13-11-18(21)12-14-20/h9-10,15H,4-8,11-14H2,1-3H3. The van der Waals surface area contributed by atoms with E-state index < -0.39 is 0 Å². The van der Waals surface area contributed by atoms with Crippen LogP contribution in [0.3, 0.4) is 0 Å². The molecule has 0 unspecified atom stereocenters. The van der Waals surface area contributed by atoms with Crippen LogP contribution in [0, 0.1) is 0 Å². The van der Waals surface area contributed by atoms with E-state index in [2.05, 4.69) is 39.0 Å². The van der Waals surface area contributed by atoms with E-state index in [0.717, 1.165) is 32.1 Å². The van der Waals surface area contributed by atoms with Gasteiger partial charge in [-0.15, -0.1) is 0 Å². The number of hydrogen-bond donors (Lipinski definition) is 0. The lowest BCUT2D eigenvalue weighted by molar-refractivity contribution is -0.130. The van der Waals surface area contributed by atoms with Crippen LogP contribution in [0.1, 0.15) is 76.0 Å². The Hall–Kier alpha value is -1.15. The number of ketones is 1. The molecule has 0 amide bonds. The summed E-state index contributed by atoms with van der Waals surface area (Å²) in [6.07, 6.45) is 7.53. The molecule has 1 fully saturated rings. The Bertz CT molecular complexity index is 494. The van der Waals surface area contributed by atoms with Crippen molar-refractivity contribution in [3.8, 4) is 0 Å². The van der Waals surface area contributed by atoms with Gasteiger partial charge in [0.2, 0.25) is 0 Å². The van der Waals surface area contributed by atoms with Gasteiger partial charge in [-0.05, 0) is 49.3 Å². The highest BCUT2D eigenvalue weighted by Gasteiger charge is 2.38. The molecular formula is C20H30O2. The average molecular weight is 302 g/mol. The minimum absolute atomic E-state index is 0.238. The lowest BCUT2D eigenvalue weighted by Gasteiger charge is -2.38. The van der Waals surface area contributed by atoms with Gasteiger partial charge < -0.3 is 4.74 Å². The van der Waals surface area contributed by atoms with Gasteiger partial charge in [-0.1, -0.05) is 44.9 Å². The number of hydrogen-bond acceptors (Lipinski definition) is 2. The third-order valence-corrected chi connectivity index (χ3v) is 4.75. The van der Waals surface area contributed by atoms with Crippen molar-refractivity contribution in [1.29, 1.82) is 0 Å². The highest BCUT2D eigenvalue weighted by molar-refractivity contribution is 5.79. The second kappa shape index (κ2) is 7.92. The Labute approximate surface area is 135 Å². The van der Waals surface area contributed by atoms with Gasteiger partial charge in [0.25, 0.3) is 0 Å². The van der Waals surface area contributed by atoms with Crippen LogP contribution in [0.25, 0.3) is 0 Å². The van der Waals surface area contributed by atoms with Crippen molar-refractivity contribution in [3.05, 3.63) is 34.9 Å². The fraction of sp³-hybridized carbons (Fsp3) is 0.650. The summed E-state index contributed by atoms with van der Waals surface area (Å²) in [5.74, 6) is 0.384. The van der Waals surface area contributed by atoms with Crippen LogP contribution >= 0.6 is 0 Å². The van der Waals surface area contributed by atoms with E-state index in [1.54, 1.807) is 0 Å². The highest BCUT2D eigenvalue weighted by atomic mass is 16.5. The minimum Gasteiger partial charge on any atom is -0.371 e. The fourth-order valence-electron chi connectivity index (χ4n) is 3.71. The van der Waals surface area contributed by atoms with Crippen molar-refractivity contribution >= 4 is 5.78 Å². The van der Waals surface area contributed by atoms with Crippen LogP contribution in [0.15, 0.2) is 18.2 Å². The summed E-state index contributed by atoms with van der Waals surface area (Å²) in [5.41, 5.74) is 3.95. The van der Waals surface area contributed by atoms with Crippen molar-refractivity contribution < 1.29 is 9.53 Å². The van der Waals surface area contributed by atoms with Crippen molar-refractivity contribution in [2.75, 3.05) is 6.61 Å². The quantitative estimate of drug-likeness (QED) is 0.711. The van der Waals surface area contributed by atoms with E-state index in [1.807, 2.05) is 0 Å². The summed E-state index contributed by atoms with van der Waals surface area (Å²) < 4.78 is 6.24. The van der Waals surface area contributed by atoms with Gasteiger partial charge in [-0.2, -0.15) is 0 Å². The first-order valence-electron chi connectivity index (χ1n) is 8.93. The summed E-state index contributed by atoms with van der Waals surface area (Å²) in [4.78, 5) is 11.7. The molecule has 1 aliphatic rings. The molecule has 1 aliphatic carbocycles. The predicted octanol–water partition coefficient (Wildman–Crippen LogP) is 4.97. The SMILES string of the molecule is CCCc1ccc(C2(OCC)CCC(=O)CC2)c(CCC)c1. The van der Waals surface area contributed by atoms with Crippen molar-refractivity contribution in [1.82, 2.24) is 0 Å². The van der Waals surface area contributed by atoms with Crippen LogP contribution < -0.4 is 0 Å². The molecule has 2 rings (SSSR count). The molecule has 1 saturated carbocycles. The maximum absolute atomic E-state index is 11.7. The Balaban J connectivity index is 2.39. The maximum atomic E-state index is 11.7. The zero-order valence-electron chi connectivity index (χ0n) is 14.4. The average Bonchev–Trinajstić information content (AvgIpc) is 2.51. The molecule has 0 spiro atoms. The second-order valence-corrected chi connectivity index (χ2v) is 6.46. The van der Waals surface area contributed by atoms with E-state index in [4.69, 9.17) is 4.74 Å². The van der Waals surface area contributed by atoms with Gasteiger partial charge in [0.15, 0.2) is 0 Å². The van der Waals surface area contributed by atoms with Crippen molar-refractivity contribution in [3.63, 3.8) is 0 Å². The van der Waals surface area contributed by atoms with E-state index >= 15 is 0 Å². The number of Topliss-reactive ketones (excluding diaryl/α,β-unsaturated/α-hetero) is 1. The molecular weight excluding hydrogens is 272 g/mol. The molecule has 2 nitrogen and oxygen atoms in total. The van der Waals surface area contributed by atoms with E-state index in [1.165, 1.54) is 23.1 Å². The Kier molecular flexibility index (Phi) is 6.19. The highest BCUT2D eigenvalue weighted by Crippen LogP contribution is 2.41. The number of carbonyl (C=O) groups excluding carboxylic acids is 1. The monoisotopic (exact) mass is 302 g/mol. The third-order valence-electron chi connectivity index (χ3n) is 4.75. The predicted molar refractivity (Wildman–Crippen MR) is 91.2 cm³/mol. The maximum Gasteiger partial charge on any atom is 0.133 e. The number of ether oxygens (including phenoxy) is 1. The molecule has 22 heavy (non-hydrogen) atoms. The minimum atomic E-state index is -0.238. The van der Waals surface area contributed by atoms with Crippen LogP contribution in [0.2, 0.25) is 0 Å². The molecule has 122 valence electrons. The molecule has 0 radical (unpaired) electrons. The number of benzene rings is 1. The first-order chi connectivity index (χ1) is 10.6. The molecule has 0 aliphatic heterocycles. The first-order valence-corrected chi connectivity index (χ1v) is 8.93. The molecule has 1 aromatic carbocycles. The molecule has 1 aromatic rings. The van der Waals surface area contributed by atoms with Gasteiger partial charge in [-0.25, -0.2) is 0 Å². The van der Waals surface area contributed by atoms with Crippen molar-refractivity contribution in [2.45, 2.75) is 77.7 Å². The van der Waals surface area contributed by atoms with Gasteiger partial charge in [0.05, 0.1) is 5.60 Å². The molecule has 0 saturated heterocycles. The van der Waals surface area contributed by atoms with Gasteiger partial charge >= 0.3 is 0 Å². The summed E-state index contributed by atoms with van der Waals surface area (Å²) in [7, 11) is 0. The molecule has 0 atom stereocenters. The fourth-order valence-corrected chi connectivity index (χ4v) is 3.71. The Morgan fingerprint density at radius 3 is 2.32 bits per heavy atom. The molecule has 2 heteroatoms. The van der Waals surface area contributed by atoms with E-state index in [9.17, 15) is 4.79 Å². The summed E-state index contributed by atoms with van der Waals surface area (Å²) in [6.45, 7) is 7.22. The summed E-state index contributed by atoms with van der Waals surface area (Å²) >= 11 is 0. The third kappa shape index (κ3) is 3.78. The zero-order chi connectivity index (χ0) is 16.0. The molecule has 0 N–H and O–H groups in total. The first kappa shape index (κ1) is 17.2. The number of aryl methyl sites for hydroxylation is 2. The van der Waals surface area contributed by atoms with Gasteiger partial charge in [0, 0.05) is 19.4 Å². The zero-order valence-corrected chi connectivity index (χ0v) is 14.4. The largest absolute Gasteiger partial charge is 0.371 e. The lowest BCUT2D eigenvalue weighted by Crippen LogP contribution is -2.36. The number of carbonyl (C=O) groups is 1. The molecule has 0 heterocycles. The van der Waals surface area contributed by atoms with Crippen LogP contribution in [-0.4, -0.2) is 12.4 Å². The van der Waals surface area contributed by atoms with Crippen LogP contribution in [0.5, 0.6) is 0 Å². The van der Waals surface area contributed by atoms with Gasteiger partial charge in [-0.3, -0.25) is 4.79 Å².